The molecular formula is C19H30N2O3S2. The molecule has 2 heterocycles. The minimum absolute atomic E-state index is 0.0627. The number of thiophene rings is 1. The molecule has 146 valence electrons. The van der Waals surface area contributed by atoms with Gasteiger partial charge in [-0.25, -0.2) is 8.42 Å². The van der Waals surface area contributed by atoms with Crippen LogP contribution in [0, 0.1) is 6.92 Å². The van der Waals surface area contributed by atoms with Crippen LogP contribution in [-0.4, -0.2) is 61.3 Å². The summed E-state index contributed by atoms with van der Waals surface area (Å²) in [5, 5.41) is 0. The maximum Gasteiger partial charge on any atom is 0.224 e. The summed E-state index contributed by atoms with van der Waals surface area (Å²) in [5.74, 6) is 0.719. The normalized spacial score (nSPS) is 23.0. The highest BCUT2D eigenvalue weighted by Crippen LogP contribution is 2.27. The summed E-state index contributed by atoms with van der Waals surface area (Å²) in [6.07, 6.45) is 5.77. The van der Waals surface area contributed by atoms with E-state index in [4.69, 9.17) is 0 Å². The molecule has 0 aromatic carbocycles. The van der Waals surface area contributed by atoms with Crippen LogP contribution in [0.5, 0.6) is 0 Å². The zero-order valence-corrected chi connectivity index (χ0v) is 17.4. The second-order valence-electron chi connectivity index (χ2n) is 7.76. The molecule has 1 atom stereocenters. The van der Waals surface area contributed by atoms with Gasteiger partial charge in [0.2, 0.25) is 5.91 Å². The average molecular weight is 399 g/mol. The number of sulfone groups is 1. The van der Waals surface area contributed by atoms with Crippen LogP contribution in [0.2, 0.25) is 0 Å². The molecule has 1 aromatic heterocycles. The van der Waals surface area contributed by atoms with Crippen LogP contribution in [0.3, 0.4) is 0 Å². The van der Waals surface area contributed by atoms with Gasteiger partial charge in [-0.3, -0.25) is 4.79 Å². The third-order valence-electron chi connectivity index (χ3n) is 5.72. The van der Waals surface area contributed by atoms with E-state index >= 15 is 0 Å². The number of amides is 1. The van der Waals surface area contributed by atoms with Crippen molar-refractivity contribution in [3.05, 3.63) is 21.9 Å². The van der Waals surface area contributed by atoms with E-state index in [0.717, 1.165) is 12.8 Å². The molecule has 1 aromatic rings. The Bertz CT molecular complexity index is 723. The van der Waals surface area contributed by atoms with Crippen LogP contribution in [0.15, 0.2) is 12.1 Å². The highest BCUT2D eigenvalue weighted by molar-refractivity contribution is 7.91. The second-order valence-corrected chi connectivity index (χ2v) is 11.4. The second kappa shape index (κ2) is 8.40. The fourth-order valence-corrected chi connectivity index (χ4v) is 6.79. The smallest absolute Gasteiger partial charge is 0.224 e. The van der Waals surface area contributed by atoms with E-state index in [2.05, 4.69) is 28.9 Å². The Balaban J connectivity index is 1.58. The molecule has 2 aliphatic rings. The first-order valence-corrected chi connectivity index (χ1v) is 12.2. The van der Waals surface area contributed by atoms with Crippen molar-refractivity contribution in [3.63, 3.8) is 0 Å². The molecule has 0 N–H and O–H groups in total. The van der Waals surface area contributed by atoms with E-state index in [1.165, 1.54) is 22.6 Å². The van der Waals surface area contributed by atoms with Crippen LogP contribution in [-0.2, 0) is 21.2 Å². The molecule has 5 nitrogen and oxygen atoms in total. The van der Waals surface area contributed by atoms with Crippen LogP contribution >= 0.6 is 11.3 Å². The van der Waals surface area contributed by atoms with Crippen molar-refractivity contribution in [1.82, 2.24) is 9.80 Å². The van der Waals surface area contributed by atoms with Gasteiger partial charge >= 0.3 is 0 Å². The highest BCUT2D eigenvalue weighted by atomic mass is 32.2. The van der Waals surface area contributed by atoms with Gasteiger partial charge < -0.3 is 9.80 Å². The Morgan fingerprint density at radius 3 is 2.50 bits per heavy atom. The van der Waals surface area contributed by atoms with Gasteiger partial charge in [0.15, 0.2) is 9.84 Å². The molecule has 0 radical (unpaired) electrons. The van der Waals surface area contributed by atoms with E-state index in [9.17, 15) is 13.2 Å². The zero-order valence-electron chi connectivity index (χ0n) is 15.8. The molecule has 1 aliphatic carbocycles. The molecule has 7 heteroatoms. The lowest BCUT2D eigenvalue weighted by Gasteiger charge is -2.30. The lowest BCUT2D eigenvalue weighted by molar-refractivity contribution is -0.134. The van der Waals surface area contributed by atoms with Crippen molar-refractivity contribution < 1.29 is 13.2 Å². The molecule has 0 bridgehead atoms. The van der Waals surface area contributed by atoms with E-state index in [1.54, 1.807) is 11.3 Å². The molecule has 1 saturated carbocycles. The topological polar surface area (TPSA) is 57.7 Å². The maximum absolute atomic E-state index is 13.0. The van der Waals surface area contributed by atoms with Crippen LogP contribution in [0.1, 0.15) is 48.3 Å². The van der Waals surface area contributed by atoms with Crippen LogP contribution in [0.25, 0.3) is 0 Å². The Morgan fingerprint density at radius 1 is 1.19 bits per heavy atom. The summed E-state index contributed by atoms with van der Waals surface area (Å²) in [6.45, 7) is 3.44. The maximum atomic E-state index is 13.0. The Morgan fingerprint density at radius 2 is 1.92 bits per heavy atom. The SMILES string of the molecule is Cc1ccc(CN(C(=O)CCN(C)C2CCS(=O)(=O)C2)C2CCCC2)s1. The van der Waals surface area contributed by atoms with E-state index < -0.39 is 9.84 Å². The molecule has 2 fully saturated rings. The number of carbonyl (C=O) groups is 1. The summed E-state index contributed by atoms with van der Waals surface area (Å²) in [6, 6.07) is 4.67. The first-order valence-electron chi connectivity index (χ1n) is 9.59. The number of hydrogen-bond donors (Lipinski definition) is 0. The van der Waals surface area contributed by atoms with E-state index in [1.807, 2.05) is 7.05 Å². The molecule has 1 amide bonds. The number of hydrogen-bond acceptors (Lipinski definition) is 5. The van der Waals surface area contributed by atoms with Gasteiger partial charge in [0.25, 0.3) is 0 Å². The Labute approximate surface area is 161 Å². The number of carbonyl (C=O) groups excluding carboxylic acids is 1. The lowest BCUT2D eigenvalue weighted by Crippen LogP contribution is -2.41. The van der Waals surface area contributed by atoms with Gasteiger partial charge in [-0.05, 0) is 45.4 Å². The zero-order chi connectivity index (χ0) is 18.7. The fraction of sp³-hybridized carbons (Fsp3) is 0.737. The van der Waals surface area contributed by atoms with E-state index in [-0.39, 0.29) is 23.5 Å². The predicted octanol–water partition coefficient (Wildman–Crippen LogP) is 2.84. The number of rotatable bonds is 7. The average Bonchev–Trinajstić information content (AvgIpc) is 3.31. The van der Waals surface area contributed by atoms with Crippen molar-refractivity contribution in [1.29, 1.82) is 0 Å². The third-order valence-corrected chi connectivity index (χ3v) is 8.45. The summed E-state index contributed by atoms with van der Waals surface area (Å²) in [4.78, 5) is 19.6. The minimum Gasteiger partial charge on any atom is -0.335 e. The summed E-state index contributed by atoms with van der Waals surface area (Å²) in [7, 11) is -0.937. The van der Waals surface area contributed by atoms with Gasteiger partial charge in [-0.2, -0.15) is 0 Å². The third kappa shape index (κ3) is 5.08. The Kier molecular flexibility index (Phi) is 6.41. The number of nitrogens with zero attached hydrogens (tertiary/aromatic N) is 2. The van der Waals surface area contributed by atoms with Gasteiger partial charge in [-0.15, -0.1) is 11.3 Å². The summed E-state index contributed by atoms with van der Waals surface area (Å²) < 4.78 is 23.3. The Hall–Kier alpha value is -0.920. The first kappa shape index (κ1) is 19.8. The van der Waals surface area contributed by atoms with Gasteiger partial charge in [0, 0.05) is 34.8 Å². The quantitative estimate of drug-likeness (QED) is 0.709. The van der Waals surface area contributed by atoms with Crippen molar-refractivity contribution in [2.75, 3.05) is 25.1 Å². The standard InChI is InChI=1S/C19H30N2O3S2/c1-15-7-8-18(25-15)13-21(16-5-3-4-6-16)19(22)9-11-20(2)17-10-12-26(23,24)14-17/h7-8,16-17H,3-6,9-14H2,1-2H3. The van der Waals surface area contributed by atoms with Crippen molar-refractivity contribution in [3.8, 4) is 0 Å². The van der Waals surface area contributed by atoms with Crippen molar-refractivity contribution >= 4 is 27.1 Å². The predicted molar refractivity (Wildman–Crippen MR) is 106 cm³/mol. The molecule has 26 heavy (non-hydrogen) atoms. The lowest BCUT2D eigenvalue weighted by atomic mass is 10.1. The number of aryl methyl sites for hydroxylation is 1. The monoisotopic (exact) mass is 398 g/mol. The van der Waals surface area contributed by atoms with Gasteiger partial charge in [-0.1, -0.05) is 12.8 Å². The van der Waals surface area contributed by atoms with Crippen LogP contribution in [0.4, 0.5) is 0 Å². The molecule has 1 saturated heterocycles. The largest absolute Gasteiger partial charge is 0.335 e. The first-order chi connectivity index (χ1) is 12.3. The molecule has 3 rings (SSSR count). The van der Waals surface area contributed by atoms with Gasteiger partial charge in [0.1, 0.15) is 0 Å². The fourth-order valence-electron chi connectivity index (χ4n) is 4.10. The van der Waals surface area contributed by atoms with Crippen molar-refractivity contribution in [2.45, 2.75) is 64.1 Å². The molecule has 1 aliphatic heterocycles. The summed E-state index contributed by atoms with van der Waals surface area (Å²) in [5.41, 5.74) is 0. The van der Waals surface area contributed by atoms with Gasteiger partial charge in [0.05, 0.1) is 18.1 Å². The molecule has 0 spiro atoms. The molecular weight excluding hydrogens is 368 g/mol. The molecule has 1 unspecified atom stereocenters. The highest BCUT2D eigenvalue weighted by Gasteiger charge is 2.32. The van der Waals surface area contributed by atoms with Crippen molar-refractivity contribution in [2.24, 2.45) is 0 Å². The van der Waals surface area contributed by atoms with E-state index in [0.29, 0.717) is 32.0 Å². The minimum atomic E-state index is -2.88. The van der Waals surface area contributed by atoms with Crippen LogP contribution < -0.4 is 0 Å². The summed E-state index contributed by atoms with van der Waals surface area (Å²) >= 11 is 1.77.